The van der Waals surface area contributed by atoms with E-state index in [9.17, 15) is 19.5 Å². The molecule has 0 aliphatic rings. The van der Waals surface area contributed by atoms with Crippen LogP contribution in [0.3, 0.4) is 0 Å². The number of esters is 1. The first kappa shape index (κ1) is 19.4. The standard InChI is InChI=1S/C13H12N6O6/c14-19-15-8-25-12-5-9(1-3-11(12)18-23)2-4-13(20)24-7-10(17-22)6-16-21/h1-5,10H,6-8H2/b4-2+. The molecule has 1 atom stereocenters. The van der Waals surface area contributed by atoms with Crippen molar-refractivity contribution in [2.75, 3.05) is 19.9 Å². The molecular formula is C13H12N6O6. The van der Waals surface area contributed by atoms with Gasteiger partial charge in [0.25, 0.3) is 0 Å². The Hall–Kier alpha value is -3.66. The Kier molecular flexibility index (Phi) is 8.50. The smallest absolute Gasteiger partial charge is 0.330 e. The second-order valence-electron chi connectivity index (χ2n) is 4.36. The van der Waals surface area contributed by atoms with Gasteiger partial charge in [0.15, 0.2) is 6.73 Å². The lowest BCUT2D eigenvalue weighted by molar-refractivity contribution is -0.138. The Balaban J connectivity index is 2.72. The minimum absolute atomic E-state index is 0.00544. The minimum atomic E-state index is -1.03. The molecule has 130 valence electrons. The Morgan fingerprint density at radius 3 is 2.76 bits per heavy atom. The summed E-state index contributed by atoms with van der Waals surface area (Å²) in [5.74, 6) is -0.700. The molecule has 1 aromatic carbocycles. The van der Waals surface area contributed by atoms with Crippen LogP contribution in [0.25, 0.3) is 16.5 Å². The Labute approximate surface area is 140 Å². The quantitative estimate of drug-likeness (QED) is 0.148. The van der Waals surface area contributed by atoms with Crippen LogP contribution in [0.1, 0.15) is 5.56 Å². The van der Waals surface area contributed by atoms with Crippen LogP contribution in [0.4, 0.5) is 5.69 Å². The van der Waals surface area contributed by atoms with Gasteiger partial charge in [0.05, 0.1) is 0 Å². The van der Waals surface area contributed by atoms with Crippen LogP contribution >= 0.6 is 0 Å². The fourth-order valence-corrected chi connectivity index (χ4v) is 1.54. The van der Waals surface area contributed by atoms with Crippen LogP contribution in [0.5, 0.6) is 5.75 Å². The van der Waals surface area contributed by atoms with Gasteiger partial charge in [-0.1, -0.05) is 21.5 Å². The molecule has 0 amide bonds. The molecule has 12 heteroatoms. The molecule has 0 aromatic heterocycles. The van der Waals surface area contributed by atoms with Crippen molar-refractivity contribution >= 4 is 17.7 Å². The first-order valence-corrected chi connectivity index (χ1v) is 6.72. The van der Waals surface area contributed by atoms with Crippen molar-refractivity contribution in [3.05, 3.63) is 55.0 Å². The van der Waals surface area contributed by atoms with E-state index in [1.807, 2.05) is 0 Å². The predicted molar refractivity (Wildman–Crippen MR) is 86.8 cm³/mol. The number of rotatable bonds is 11. The fraction of sp³-hybridized carbons (Fsp3) is 0.308. The van der Waals surface area contributed by atoms with Gasteiger partial charge in [-0.25, -0.2) is 4.79 Å². The van der Waals surface area contributed by atoms with E-state index < -0.39 is 12.0 Å². The van der Waals surface area contributed by atoms with E-state index in [0.717, 1.165) is 6.08 Å². The summed E-state index contributed by atoms with van der Waals surface area (Å²) in [4.78, 5) is 45.1. The highest BCUT2D eigenvalue weighted by Gasteiger charge is 2.11. The molecule has 0 spiro atoms. The second-order valence-corrected chi connectivity index (χ2v) is 4.36. The topological polar surface area (TPSA) is 173 Å². The summed E-state index contributed by atoms with van der Waals surface area (Å²) >= 11 is 0. The maximum Gasteiger partial charge on any atom is 0.330 e. The van der Waals surface area contributed by atoms with Crippen LogP contribution in [0.15, 0.2) is 44.9 Å². The number of nitroso groups, excluding NO2 is 3. The maximum absolute atomic E-state index is 11.5. The van der Waals surface area contributed by atoms with Crippen LogP contribution in [0, 0.1) is 14.7 Å². The number of carbonyl (C=O) groups is 1. The van der Waals surface area contributed by atoms with Gasteiger partial charge in [0.1, 0.15) is 30.6 Å². The maximum atomic E-state index is 11.5. The van der Waals surface area contributed by atoms with Crippen molar-refractivity contribution in [1.29, 1.82) is 0 Å². The highest BCUT2D eigenvalue weighted by molar-refractivity contribution is 5.87. The molecule has 12 nitrogen and oxygen atoms in total. The zero-order valence-corrected chi connectivity index (χ0v) is 12.7. The molecule has 25 heavy (non-hydrogen) atoms. The van der Waals surface area contributed by atoms with Gasteiger partial charge < -0.3 is 9.47 Å². The molecule has 0 saturated carbocycles. The summed E-state index contributed by atoms with van der Waals surface area (Å²) in [6.07, 6.45) is 2.43. The van der Waals surface area contributed by atoms with Crippen LogP contribution < -0.4 is 4.74 Å². The fourth-order valence-electron chi connectivity index (χ4n) is 1.54. The number of hydrogen-bond acceptors (Lipinski definition) is 10. The van der Waals surface area contributed by atoms with E-state index in [1.165, 1.54) is 24.3 Å². The lowest BCUT2D eigenvalue weighted by Crippen LogP contribution is -2.18. The van der Waals surface area contributed by atoms with Crippen LogP contribution in [-0.2, 0) is 9.53 Å². The van der Waals surface area contributed by atoms with Gasteiger partial charge in [0, 0.05) is 11.0 Å². The minimum Gasteiger partial charge on any atom is -0.485 e. The summed E-state index contributed by atoms with van der Waals surface area (Å²) in [6, 6.07) is 3.21. The zero-order valence-electron chi connectivity index (χ0n) is 12.7. The highest BCUT2D eigenvalue weighted by Crippen LogP contribution is 2.29. The molecule has 0 aliphatic heterocycles. The largest absolute Gasteiger partial charge is 0.485 e. The molecular weight excluding hydrogens is 336 g/mol. The Bertz CT molecular complexity index is 715. The van der Waals surface area contributed by atoms with E-state index >= 15 is 0 Å². The number of azide groups is 1. The average Bonchev–Trinajstić information content (AvgIpc) is 2.63. The Morgan fingerprint density at radius 2 is 2.12 bits per heavy atom. The molecule has 0 saturated heterocycles. The number of hydrogen-bond donors (Lipinski definition) is 0. The molecule has 0 aliphatic carbocycles. The highest BCUT2D eigenvalue weighted by atomic mass is 16.5. The summed E-state index contributed by atoms with van der Waals surface area (Å²) in [7, 11) is 0. The zero-order chi connectivity index (χ0) is 18.5. The first-order chi connectivity index (χ1) is 12.1. The van der Waals surface area contributed by atoms with Gasteiger partial charge >= 0.3 is 5.97 Å². The van der Waals surface area contributed by atoms with Gasteiger partial charge in [-0.2, -0.15) is 9.81 Å². The van der Waals surface area contributed by atoms with Gasteiger partial charge in [0.2, 0.25) is 0 Å². The summed E-state index contributed by atoms with van der Waals surface area (Å²) < 4.78 is 9.84. The normalized spacial score (nSPS) is 11.2. The van der Waals surface area contributed by atoms with Crippen molar-refractivity contribution in [2.24, 2.45) is 20.6 Å². The summed E-state index contributed by atoms with van der Waals surface area (Å²) in [5.41, 5.74) is 8.66. The van der Waals surface area contributed by atoms with Crippen LogP contribution in [-0.4, -0.2) is 31.9 Å². The number of benzene rings is 1. The molecule has 1 aromatic rings. The molecule has 0 N–H and O–H groups in total. The number of carbonyl (C=O) groups excluding carboxylic acids is 1. The lowest BCUT2D eigenvalue weighted by Gasteiger charge is -2.06. The summed E-state index contributed by atoms with van der Waals surface area (Å²) in [5, 5.41) is 11.0. The van der Waals surface area contributed by atoms with E-state index in [4.69, 9.17) is 15.0 Å². The molecule has 0 fully saturated rings. The number of nitrogens with zero attached hydrogens (tertiary/aromatic N) is 6. The van der Waals surface area contributed by atoms with Crippen molar-refractivity contribution in [1.82, 2.24) is 0 Å². The molecule has 0 heterocycles. The third-order valence-electron chi connectivity index (χ3n) is 2.69. The van der Waals surface area contributed by atoms with E-state index in [-0.39, 0.29) is 31.3 Å². The lowest BCUT2D eigenvalue weighted by atomic mass is 10.2. The number of ether oxygens (including phenoxy) is 2. The van der Waals surface area contributed by atoms with Crippen molar-refractivity contribution in [2.45, 2.75) is 6.04 Å². The third-order valence-corrected chi connectivity index (χ3v) is 2.69. The van der Waals surface area contributed by atoms with Crippen molar-refractivity contribution in [3.63, 3.8) is 0 Å². The third kappa shape index (κ3) is 6.97. The SMILES string of the molecule is [N-]=[N+]=NCOc1cc(/C=C/C(=O)OCC(CN=O)N=O)ccc1N=O. The monoisotopic (exact) mass is 348 g/mol. The molecule has 0 bridgehead atoms. The molecule has 0 radical (unpaired) electrons. The van der Waals surface area contributed by atoms with E-state index in [0.29, 0.717) is 5.56 Å². The predicted octanol–water partition coefficient (Wildman–Crippen LogP) is 3.19. The second kappa shape index (κ2) is 11.0. The van der Waals surface area contributed by atoms with Gasteiger partial charge in [-0.3, -0.25) is 0 Å². The van der Waals surface area contributed by atoms with Crippen LogP contribution in [0.2, 0.25) is 0 Å². The van der Waals surface area contributed by atoms with Gasteiger partial charge in [-0.05, 0) is 34.5 Å². The van der Waals surface area contributed by atoms with Gasteiger partial charge in [-0.15, -0.1) is 4.91 Å². The summed E-state index contributed by atoms with van der Waals surface area (Å²) in [6.45, 7) is -1.08. The molecule has 1 rings (SSSR count). The van der Waals surface area contributed by atoms with E-state index in [1.54, 1.807) is 0 Å². The Morgan fingerprint density at radius 1 is 1.32 bits per heavy atom. The van der Waals surface area contributed by atoms with E-state index in [2.05, 4.69) is 25.6 Å². The average molecular weight is 348 g/mol. The van der Waals surface area contributed by atoms with Crippen molar-refractivity contribution in [3.8, 4) is 5.75 Å². The molecule has 1 unspecified atom stereocenters. The van der Waals surface area contributed by atoms with Crippen molar-refractivity contribution < 1.29 is 14.3 Å². The first-order valence-electron chi connectivity index (χ1n) is 6.72.